The third-order valence-corrected chi connectivity index (χ3v) is 3.26. The number of rotatable bonds is 3. The van der Waals surface area contributed by atoms with Crippen LogP contribution in [0.3, 0.4) is 0 Å². The highest BCUT2D eigenvalue weighted by atomic mass is 79.9. The second kappa shape index (κ2) is 6.24. The number of amides is 1. The Hall–Kier alpha value is -1.92. The summed E-state index contributed by atoms with van der Waals surface area (Å²) in [5.41, 5.74) is -0.0792. The molecule has 0 aliphatic rings. The molecule has 4 nitrogen and oxygen atoms in total. The van der Waals surface area contributed by atoms with Crippen molar-refractivity contribution in [3.63, 3.8) is 0 Å². The lowest BCUT2D eigenvalue weighted by atomic mass is 10.1. The van der Waals surface area contributed by atoms with Gasteiger partial charge in [-0.05, 0) is 36.4 Å². The van der Waals surface area contributed by atoms with Crippen molar-refractivity contribution < 1.29 is 19.1 Å². The van der Waals surface area contributed by atoms with Gasteiger partial charge in [0.15, 0.2) is 0 Å². The van der Waals surface area contributed by atoms with Crippen LogP contribution in [0.4, 0.5) is 10.1 Å². The number of nitrogens with one attached hydrogen (secondary N) is 1. The van der Waals surface area contributed by atoms with Gasteiger partial charge < -0.3 is 10.4 Å². The predicted octanol–water partition coefficient (Wildman–Crippen LogP) is 4.19. The van der Waals surface area contributed by atoms with E-state index >= 15 is 0 Å². The van der Waals surface area contributed by atoms with Gasteiger partial charge in [0, 0.05) is 15.1 Å². The summed E-state index contributed by atoms with van der Waals surface area (Å²) >= 11 is 9.05. The van der Waals surface area contributed by atoms with E-state index in [4.69, 9.17) is 16.7 Å². The topological polar surface area (TPSA) is 66.4 Å². The Labute approximate surface area is 132 Å². The van der Waals surface area contributed by atoms with E-state index < -0.39 is 17.7 Å². The predicted molar refractivity (Wildman–Crippen MR) is 80.5 cm³/mol. The standard InChI is InChI=1S/C14H8BrClFNO3/c15-8-3-7(4-9(16)5-8)13(19)18-12-2-1-10(17)6-11(12)14(20)21/h1-6H,(H,18,19)(H,20,21). The molecule has 0 unspecified atom stereocenters. The van der Waals surface area contributed by atoms with E-state index in [0.717, 1.165) is 12.1 Å². The summed E-state index contributed by atoms with van der Waals surface area (Å²) in [6.45, 7) is 0. The number of carbonyl (C=O) groups excluding carboxylic acids is 1. The SMILES string of the molecule is O=C(Nc1ccc(F)cc1C(=O)O)c1cc(Cl)cc(Br)c1. The number of hydrogen-bond acceptors (Lipinski definition) is 2. The van der Waals surface area contributed by atoms with Crippen molar-refractivity contribution in [2.45, 2.75) is 0 Å². The van der Waals surface area contributed by atoms with E-state index in [1.165, 1.54) is 18.2 Å². The van der Waals surface area contributed by atoms with Gasteiger partial charge in [0.1, 0.15) is 5.82 Å². The Morgan fingerprint density at radius 3 is 2.52 bits per heavy atom. The van der Waals surface area contributed by atoms with Gasteiger partial charge in [-0.15, -0.1) is 0 Å². The fourth-order valence-corrected chi connectivity index (χ4v) is 2.54. The summed E-state index contributed by atoms with van der Waals surface area (Å²) in [6, 6.07) is 7.67. The largest absolute Gasteiger partial charge is 0.478 e. The highest BCUT2D eigenvalue weighted by Crippen LogP contribution is 2.22. The zero-order chi connectivity index (χ0) is 15.6. The summed E-state index contributed by atoms with van der Waals surface area (Å²) in [5.74, 6) is -2.58. The fraction of sp³-hybridized carbons (Fsp3) is 0. The molecule has 0 saturated carbocycles. The van der Waals surface area contributed by atoms with E-state index in [-0.39, 0.29) is 16.8 Å². The van der Waals surface area contributed by atoms with Crippen molar-refractivity contribution in [3.8, 4) is 0 Å². The van der Waals surface area contributed by atoms with Gasteiger partial charge in [-0.25, -0.2) is 9.18 Å². The monoisotopic (exact) mass is 371 g/mol. The van der Waals surface area contributed by atoms with Crippen LogP contribution in [-0.4, -0.2) is 17.0 Å². The molecule has 0 aliphatic heterocycles. The van der Waals surface area contributed by atoms with Crippen LogP contribution in [0, 0.1) is 5.82 Å². The van der Waals surface area contributed by atoms with E-state index in [2.05, 4.69) is 21.2 Å². The number of carboxylic acid groups (broad SMARTS) is 1. The summed E-state index contributed by atoms with van der Waals surface area (Å²) in [7, 11) is 0. The average Bonchev–Trinajstić information content (AvgIpc) is 2.39. The molecule has 21 heavy (non-hydrogen) atoms. The highest BCUT2D eigenvalue weighted by Gasteiger charge is 2.15. The van der Waals surface area contributed by atoms with Crippen molar-refractivity contribution in [2.75, 3.05) is 5.32 Å². The molecular weight excluding hydrogens is 365 g/mol. The van der Waals surface area contributed by atoms with Crippen molar-refractivity contribution in [2.24, 2.45) is 0 Å². The summed E-state index contributed by atoms with van der Waals surface area (Å²) in [5, 5.41) is 11.8. The molecule has 0 atom stereocenters. The van der Waals surface area contributed by atoms with Crippen LogP contribution in [0.25, 0.3) is 0 Å². The van der Waals surface area contributed by atoms with Crippen molar-refractivity contribution >= 4 is 45.1 Å². The molecular formula is C14H8BrClFNO3. The molecule has 7 heteroatoms. The Balaban J connectivity index is 2.33. The molecule has 2 rings (SSSR count). The number of carboxylic acids is 1. The molecule has 2 aromatic carbocycles. The minimum absolute atomic E-state index is 0.00463. The number of anilines is 1. The smallest absolute Gasteiger partial charge is 0.337 e. The highest BCUT2D eigenvalue weighted by molar-refractivity contribution is 9.10. The molecule has 0 spiro atoms. The van der Waals surface area contributed by atoms with Gasteiger partial charge >= 0.3 is 5.97 Å². The molecule has 1 amide bonds. The Morgan fingerprint density at radius 2 is 1.90 bits per heavy atom. The average molecular weight is 373 g/mol. The van der Waals surface area contributed by atoms with Gasteiger partial charge in [-0.2, -0.15) is 0 Å². The fourth-order valence-electron chi connectivity index (χ4n) is 1.68. The van der Waals surface area contributed by atoms with Crippen LogP contribution < -0.4 is 5.32 Å². The third kappa shape index (κ3) is 3.80. The molecule has 2 aromatic rings. The van der Waals surface area contributed by atoms with Crippen LogP contribution in [0.2, 0.25) is 5.02 Å². The van der Waals surface area contributed by atoms with Crippen LogP contribution >= 0.6 is 27.5 Å². The van der Waals surface area contributed by atoms with Gasteiger partial charge in [-0.3, -0.25) is 4.79 Å². The van der Waals surface area contributed by atoms with E-state index in [1.54, 1.807) is 6.07 Å². The van der Waals surface area contributed by atoms with E-state index in [0.29, 0.717) is 9.50 Å². The van der Waals surface area contributed by atoms with Crippen molar-refractivity contribution in [1.82, 2.24) is 0 Å². The van der Waals surface area contributed by atoms with Crippen LogP contribution in [0.1, 0.15) is 20.7 Å². The molecule has 108 valence electrons. The molecule has 0 saturated heterocycles. The van der Waals surface area contributed by atoms with Crippen LogP contribution in [0.15, 0.2) is 40.9 Å². The number of benzene rings is 2. The second-order valence-corrected chi connectivity index (χ2v) is 5.46. The Kier molecular flexibility index (Phi) is 4.59. The maximum atomic E-state index is 13.1. The Morgan fingerprint density at radius 1 is 1.19 bits per heavy atom. The number of carbonyl (C=O) groups is 2. The van der Waals surface area contributed by atoms with Gasteiger partial charge in [0.2, 0.25) is 0 Å². The maximum absolute atomic E-state index is 13.1. The first-order chi connectivity index (χ1) is 9.86. The number of halogens is 3. The zero-order valence-corrected chi connectivity index (χ0v) is 12.7. The molecule has 0 heterocycles. The zero-order valence-electron chi connectivity index (χ0n) is 10.4. The molecule has 0 radical (unpaired) electrons. The number of hydrogen-bond donors (Lipinski definition) is 2. The normalized spacial score (nSPS) is 10.2. The maximum Gasteiger partial charge on any atom is 0.337 e. The van der Waals surface area contributed by atoms with Gasteiger partial charge in [0.05, 0.1) is 11.3 Å². The second-order valence-electron chi connectivity index (χ2n) is 4.11. The van der Waals surface area contributed by atoms with Crippen molar-refractivity contribution in [3.05, 3.63) is 62.8 Å². The molecule has 0 bridgehead atoms. The van der Waals surface area contributed by atoms with Crippen LogP contribution in [0.5, 0.6) is 0 Å². The first kappa shape index (κ1) is 15.5. The quantitative estimate of drug-likeness (QED) is 0.849. The van der Waals surface area contributed by atoms with Gasteiger partial charge in [-0.1, -0.05) is 27.5 Å². The summed E-state index contributed by atoms with van der Waals surface area (Å²) < 4.78 is 13.7. The molecule has 2 N–H and O–H groups in total. The third-order valence-electron chi connectivity index (χ3n) is 2.58. The first-order valence-electron chi connectivity index (χ1n) is 5.67. The van der Waals surface area contributed by atoms with E-state index in [9.17, 15) is 14.0 Å². The van der Waals surface area contributed by atoms with Crippen LogP contribution in [-0.2, 0) is 0 Å². The lowest BCUT2D eigenvalue weighted by Crippen LogP contribution is -2.15. The molecule has 0 aliphatic carbocycles. The minimum Gasteiger partial charge on any atom is -0.478 e. The lowest BCUT2D eigenvalue weighted by Gasteiger charge is -2.09. The van der Waals surface area contributed by atoms with Crippen molar-refractivity contribution in [1.29, 1.82) is 0 Å². The Bertz CT molecular complexity index is 716. The molecule has 0 fully saturated rings. The minimum atomic E-state index is -1.34. The van der Waals surface area contributed by atoms with Gasteiger partial charge in [0.25, 0.3) is 5.91 Å². The van der Waals surface area contributed by atoms with E-state index in [1.807, 2.05) is 0 Å². The number of aromatic carboxylic acids is 1. The lowest BCUT2D eigenvalue weighted by molar-refractivity contribution is 0.0697. The summed E-state index contributed by atoms with van der Waals surface area (Å²) in [6.07, 6.45) is 0. The molecule has 0 aromatic heterocycles. The first-order valence-corrected chi connectivity index (χ1v) is 6.84. The summed E-state index contributed by atoms with van der Waals surface area (Å²) in [4.78, 5) is 23.2.